The zero-order chi connectivity index (χ0) is 8.12. The molecule has 3 radical (unpaired) electrons. The van der Waals surface area contributed by atoms with Gasteiger partial charge in [-0.1, -0.05) is 0 Å². The van der Waals surface area contributed by atoms with Crippen LogP contribution in [0.5, 0.6) is 0 Å². The molecule has 0 atom stereocenters. The second-order valence-corrected chi connectivity index (χ2v) is 0.735. The van der Waals surface area contributed by atoms with Crippen molar-refractivity contribution in [3.63, 3.8) is 0 Å². The molecule has 0 saturated carbocycles. The number of hydrogen-bond donors (Lipinski definition) is 3. The van der Waals surface area contributed by atoms with Crippen molar-refractivity contribution in [1.82, 2.24) is 0 Å². The van der Waals surface area contributed by atoms with E-state index in [-0.39, 0.29) is 18.0 Å². The molecule has 0 bridgehead atoms. The van der Waals surface area contributed by atoms with E-state index in [2.05, 4.69) is 0 Å². The Morgan fingerprint density at radius 3 is 0.700 bits per heavy atom. The van der Waals surface area contributed by atoms with Gasteiger partial charge in [0.05, 0.1) is 0 Å². The van der Waals surface area contributed by atoms with Crippen molar-refractivity contribution < 1.29 is 28.4 Å². The molecular weight excluding hydrogens is 264 g/mol. The van der Waals surface area contributed by atoms with Crippen LogP contribution in [-0.2, 0) is 13.7 Å². The van der Waals surface area contributed by atoms with Crippen molar-refractivity contribution in [3.8, 4) is 0 Å². The van der Waals surface area contributed by atoms with Crippen LogP contribution in [0, 0.1) is 0 Å². The standard InChI is InChI=1S/As.3HO2P/c;3*1-3-2/h;3*(H,1,2). The molecule has 3 N–H and O–H groups in total. The molecule has 0 spiro atoms. The summed E-state index contributed by atoms with van der Waals surface area (Å²) in [6.07, 6.45) is 0. The average molecular weight is 267 g/mol. The molecule has 10 heavy (non-hydrogen) atoms. The molecule has 0 aliphatic rings. The maximum Gasteiger partial charge on any atom is 0.324 e. The van der Waals surface area contributed by atoms with Gasteiger partial charge >= 0.3 is 26.1 Å². The first-order valence-corrected chi connectivity index (χ1v) is 3.44. The van der Waals surface area contributed by atoms with Crippen LogP contribution in [0.2, 0.25) is 0 Å². The van der Waals surface area contributed by atoms with Gasteiger partial charge in [-0.25, -0.2) is 13.7 Å². The van der Waals surface area contributed by atoms with E-state index in [0.717, 1.165) is 0 Å². The van der Waals surface area contributed by atoms with E-state index >= 15 is 0 Å². The first kappa shape index (κ1) is 22.4. The minimum absolute atomic E-state index is 0. The van der Waals surface area contributed by atoms with Gasteiger partial charge in [0.2, 0.25) is 0 Å². The summed E-state index contributed by atoms with van der Waals surface area (Å²) in [6.45, 7) is 0. The first-order valence-electron chi connectivity index (χ1n) is 1.15. The Bertz CT molecular complexity index is 49.7. The van der Waals surface area contributed by atoms with Crippen LogP contribution in [0.3, 0.4) is 0 Å². The summed E-state index contributed by atoms with van der Waals surface area (Å²) < 4.78 is 25.4. The Labute approximate surface area is 72.8 Å². The normalized spacial score (nSPS) is 6.30. The Balaban J connectivity index is -0.0000000257. The fourth-order valence-electron chi connectivity index (χ4n) is 0. The molecule has 6 nitrogen and oxygen atoms in total. The summed E-state index contributed by atoms with van der Waals surface area (Å²) in [6, 6.07) is 0. The average Bonchev–Trinajstić information content (AvgIpc) is 1.70. The maximum absolute atomic E-state index is 8.46. The fraction of sp³-hybridized carbons (Fsp3) is 0. The van der Waals surface area contributed by atoms with Crippen LogP contribution in [-0.4, -0.2) is 32.6 Å². The van der Waals surface area contributed by atoms with E-state index in [1.807, 2.05) is 0 Å². The van der Waals surface area contributed by atoms with E-state index in [1.165, 1.54) is 0 Å². The summed E-state index contributed by atoms with van der Waals surface area (Å²) in [7, 11) is -2.50. The smallest absolute Gasteiger partial charge is 0.310 e. The van der Waals surface area contributed by atoms with E-state index in [0.29, 0.717) is 0 Å². The van der Waals surface area contributed by atoms with Crippen LogP contribution in [0.1, 0.15) is 0 Å². The van der Waals surface area contributed by atoms with Gasteiger partial charge in [-0.3, -0.25) is 0 Å². The van der Waals surface area contributed by atoms with Gasteiger partial charge in [0.15, 0.2) is 0 Å². The van der Waals surface area contributed by atoms with Crippen LogP contribution in [0.25, 0.3) is 0 Å². The third-order valence-corrected chi connectivity index (χ3v) is 0. The van der Waals surface area contributed by atoms with Crippen molar-refractivity contribution >= 4 is 44.0 Å². The Hall–Kier alpha value is 0.738. The number of rotatable bonds is 0. The SMILES string of the molecule is O=PO.O=PO.O=PO.[As]. The zero-order valence-electron chi connectivity index (χ0n) is 4.36. The molecule has 0 aliphatic heterocycles. The van der Waals surface area contributed by atoms with Gasteiger partial charge in [0.25, 0.3) is 0 Å². The third kappa shape index (κ3) is 960. The Morgan fingerprint density at radius 1 is 0.700 bits per heavy atom. The first-order chi connectivity index (χ1) is 4.24. The van der Waals surface area contributed by atoms with Crippen LogP contribution in [0.4, 0.5) is 0 Å². The monoisotopic (exact) mass is 267 g/mol. The van der Waals surface area contributed by atoms with Crippen molar-refractivity contribution in [2.45, 2.75) is 0 Å². The van der Waals surface area contributed by atoms with Gasteiger partial charge < -0.3 is 14.7 Å². The Morgan fingerprint density at radius 2 is 0.700 bits per heavy atom. The molecule has 0 aromatic carbocycles. The second kappa shape index (κ2) is 53.2. The minimum atomic E-state index is -0.833. The van der Waals surface area contributed by atoms with Gasteiger partial charge in [0, 0.05) is 18.0 Å². The summed E-state index contributed by atoms with van der Waals surface area (Å²) in [4.78, 5) is 21.0. The second-order valence-electron chi connectivity index (χ2n) is 0.245. The largest absolute Gasteiger partial charge is 0.324 e. The zero-order valence-corrected chi connectivity index (χ0v) is 8.92. The van der Waals surface area contributed by atoms with Gasteiger partial charge in [-0.05, 0) is 0 Å². The molecule has 0 unspecified atom stereocenters. The molecule has 0 fully saturated rings. The Kier molecular flexibility index (Phi) is 119. The third-order valence-electron chi connectivity index (χ3n) is 0. The van der Waals surface area contributed by atoms with Crippen LogP contribution >= 0.6 is 26.1 Å². The topological polar surface area (TPSA) is 112 Å². The molecule has 0 saturated heterocycles. The van der Waals surface area contributed by atoms with Crippen LogP contribution < -0.4 is 0 Å². The predicted octanol–water partition coefficient (Wildman–Crippen LogP) is 0.175. The number of hydrogen-bond acceptors (Lipinski definition) is 3. The van der Waals surface area contributed by atoms with Gasteiger partial charge in [0.1, 0.15) is 0 Å². The fourth-order valence-corrected chi connectivity index (χ4v) is 0. The molecule has 0 amide bonds. The molecular formula is H3AsO6P3. The van der Waals surface area contributed by atoms with Crippen LogP contribution in [0.15, 0.2) is 0 Å². The summed E-state index contributed by atoms with van der Waals surface area (Å²) in [5, 5.41) is 0. The molecule has 0 heterocycles. The molecule has 0 aliphatic carbocycles. The van der Waals surface area contributed by atoms with Crippen molar-refractivity contribution in [1.29, 1.82) is 0 Å². The molecule has 10 heteroatoms. The minimum Gasteiger partial charge on any atom is -0.310 e. The molecule has 0 aromatic rings. The van der Waals surface area contributed by atoms with Gasteiger partial charge in [-0.15, -0.1) is 0 Å². The van der Waals surface area contributed by atoms with Crippen molar-refractivity contribution in [2.24, 2.45) is 0 Å². The molecule has 0 rings (SSSR count). The molecule has 0 aromatic heterocycles. The predicted molar refractivity (Wildman–Crippen MR) is 35.2 cm³/mol. The van der Waals surface area contributed by atoms with Crippen molar-refractivity contribution in [3.05, 3.63) is 0 Å². The summed E-state index contributed by atoms with van der Waals surface area (Å²) >= 11 is 0. The van der Waals surface area contributed by atoms with Crippen molar-refractivity contribution in [2.75, 3.05) is 0 Å². The van der Waals surface area contributed by atoms with E-state index in [9.17, 15) is 0 Å². The van der Waals surface area contributed by atoms with Gasteiger partial charge in [-0.2, -0.15) is 0 Å². The van der Waals surface area contributed by atoms with E-state index in [1.54, 1.807) is 0 Å². The molecule has 59 valence electrons. The summed E-state index contributed by atoms with van der Waals surface area (Å²) in [5.74, 6) is 0. The summed E-state index contributed by atoms with van der Waals surface area (Å²) in [5.41, 5.74) is 0. The van der Waals surface area contributed by atoms with E-state index < -0.39 is 26.1 Å². The quantitative estimate of drug-likeness (QED) is 0.426. The maximum atomic E-state index is 8.46. The van der Waals surface area contributed by atoms with E-state index in [4.69, 9.17) is 28.4 Å².